The third kappa shape index (κ3) is 6.78. The molecule has 0 spiro atoms. The van der Waals surface area contributed by atoms with Crippen molar-refractivity contribution in [3.05, 3.63) is 164 Å². The van der Waals surface area contributed by atoms with E-state index in [-0.39, 0.29) is 10.6 Å². The molecular weight excluding hydrogens is 548 g/mol. The molecular formula is C34H25BrN2O2. The zero-order chi connectivity index (χ0) is 27.0. The van der Waals surface area contributed by atoms with Crippen molar-refractivity contribution in [3.8, 4) is 0 Å². The van der Waals surface area contributed by atoms with Gasteiger partial charge in [0.2, 0.25) is 0 Å². The minimum Gasteiger partial charge on any atom is -0.311 e. The fourth-order valence-electron chi connectivity index (χ4n) is 4.16. The molecule has 0 saturated carbocycles. The Morgan fingerprint density at radius 3 is 1.28 bits per heavy atom. The van der Waals surface area contributed by atoms with E-state index in [1.807, 2.05) is 42.5 Å². The number of para-hydroxylation sites is 1. The van der Waals surface area contributed by atoms with Crippen LogP contribution in [0.2, 0.25) is 0 Å². The summed E-state index contributed by atoms with van der Waals surface area (Å²) in [5.41, 5.74) is 7.50. The smallest absolute Gasteiger partial charge is 0.269 e. The van der Waals surface area contributed by atoms with Crippen LogP contribution in [0.4, 0.5) is 22.7 Å². The first-order chi connectivity index (χ1) is 19.0. The van der Waals surface area contributed by atoms with Crippen LogP contribution in [0.25, 0.3) is 24.3 Å². The van der Waals surface area contributed by atoms with Gasteiger partial charge in [0, 0.05) is 33.7 Å². The molecule has 0 amide bonds. The van der Waals surface area contributed by atoms with Crippen LogP contribution in [0, 0.1) is 10.1 Å². The zero-order valence-electron chi connectivity index (χ0n) is 21.0. The molecule has 0 unspecified atom stereocenters. The average molecular weight is 573 g/mol. The number of nitrogens with zero attached hydrogens (tertiary/aromatic N) is 2. The number of benzene rings is 5. The van der Waals surface area contributed by atoms with E-state index in [1.165, 1.54) is 12.1 Å². The fourth-order valence-corrected chi connectivity index (χ4v) is 4.42. The maximum atomic E-state index is 10.9. The van der Waals surface area contributed by atoms with Gasteiger partial charge in [-0.3, -0.25) is 10.1 Å². The van der Waals surface area contributed by atoms with Crippen LogP contribution in [0.15, 0.2) is 132 Å². The summed E-state index contributed by atoms with van der Waals surface area (Å²) in [5, 5.41) is 10.9. The van der Waals surface area contributed by atoms with Gasteiger partial charge in [0.25, 0.3) is 5.69 Å². The van der Waals surface area contributed by atoms with Crippen LogP contribution < -0.4 is 4.90 Å². The topological polar surface area (TPSA) is 46.4 Å². The predicted octanol–water partition coefficient (Wildman–Crippen LogP) is 10.2. The molecule has 5 heteroatoms. The molecule has 0 fully saturated rings. The molecule has 0 saturated heterocycles. The molecule has 5 aromatic rings. The lowest BCUT2D eigenvalue weighted by molar-refractivity contribution is -0.384. The predicted molar refractivity (Wildman–Crippen MR) is 166 cm³/mol. The number of hydrogen-bond acceptors (Lipinski definition) is 3. The van der Waals surface area contributed by atoms with Gasteiger partial charge >= 0.3 is 0 Å². The maximum absolute atomic E-state index is 10.9. The number of non-ortho nitro benzene ring substituents is 1. The molecule has 0 heterocycles. The molecule has 39 heavy (non-hydrogen) atoms. The van der Waals surface area contributed by atoms with Gasteiger partial charge in [0.1, 0.15) is 0 Å². The number of nitro benzene ring substituents is 1. The first kappa shape index (κ1) is 25.9. The SMILES string of the molecule is O=[N+]([O-])c1ccc(/C=C/c2ccc(N(c3ccccc3)c3ccc(/C=C/c4ccc(Br)cc4)cc3)cc2)cc1. The molecule has 0 aromatic heterocycles. The first-order valence-corrected chi connectivity index (χ1v) is 13.3. The molecule has 0 atom stereocenters. The summed E-state index contributed by atoms with van der Waals surface area (Å²) >= 11 is 3.48. The molecule has 0 aliphatic heterocycles. The Labute approximate surface area is 236 Å². The van der Waals surface area contributed by atoms with Crippen molar-refractivity contribution in [1.82, 2.24) is 0 Å². The fraction of sp³-hybridized carbons (Fsp3) is 0. The molecule has 5 rings (SSSR count). The molecule has 0 radical (unpaired) electrons. The Morgan fingerprint density at radius 2 is 0.872 bits per heavy atom. The summed E-state index contributed by atoms with van der Waals surface area (Å²) in [6.45, 7) is 0. The van der Waals surface area contributed by atoms with E-state index in [2.05, 4.69) is 106 Å². The number of halogens is 1. The normalized spacial score (nSPS) is 11.2. The molecule has 0 N–H and O–H groups in total. The van der Waals surface area contributed by atoms with Crippen molar-refractivity contribution in [2.24, 2.45) is 0 Å². The quantitative estimate of drug-likeness (QED) is 0.105. The van der Waals surface area contributed by atoms with Gasteiger partial charge in [-0.1, -0.05) is 94.8 Å². The monoisotopic (exact) mass is 572 g/mol. The lowest BCUT2D eigenvalue weighted by atomic mass is 10.1. The van der Waals surface area contributed by atoms with Crippen LogP contribution in [0.5, 0.6) is 0 Å². The summed E-state index contributed by atoms with van der Waals surface area (Å²) in [7, 11) is 0. The van der Waals surface area contributed by atoms with Gasteiger partial charge in [-0.05, 0) is 82.9 Å². The number of hydrogen-bond donors (Lipinski definition) is 0. The Morgan fingerprint density at radius 1 is 0.513 bits per heavy atom. The van der Waals surface area contributed by atoms with E-state index in [4.69, 9.17) is 0 Å². The number of nitro groups is 1. The second kappa shape index (κ2) is 12.2. The van der Waals surface area contributed by atoms with Gasteiger partial charge in [-0.15, -0.1) is 0 Å². The highest BCUT2D eigenvalue weighted by molar-refractivity contribution is 9.10. The minimum atomic E-state index is -0.390. The van der Waals surface area contributed by atoms with Crippen LogP contribution in [-0.4, -0.2) is 4.92 Å². The van der Waals surface area contributed by atoms with Crippen LogP contribution in [-0.2, 0) is 0 Å². The Hall–Kier alpha value is -4.74. The van der Waals surface area contributed by atoms with Crippen molar-refractivity contribution in [1.29, 1.82) is 0 Å². The Bertz CT molecular complexity index is 1590. The highest BCUT2D eigenvalue weighted by Crippen LogP contribution is 2.34. The van der Waals surface area contributed by atoms with Crippen molar-refractivity contribution in [2.75, 3.05) is 4.90 Å². The molecule has 0 bridgehead atoms. The summed E-state index contributed by atoms with van der Waals surface area (Å²) in [6.07, 6.45) is 8.18. The van der Waals surface area contributed by atoms with Crippen molar-refractivity contribution in [3.63, 3.8) is 0 Å². The summed E-state index contributed by atoms with van der Waals surface area (Å²) < 4.78 is 1.07. The van der Waals surface area contributed by atoms with Crippen LogP contribution in [0.3, 0.4) is 0 Å². The van der Waals surface area contributed by atoms with Gasteiger partial charge in [0.05, 0.1) is 4.92 Å². The summed E-state index contributed by atoms with van der Waals surface area (Å²) in [4.78, 5) is 12.7. The second-order valence-electron chi connectivity index (χ2n) is 8.92. The van der Waals surface area contributed by atoms with E-state index in [1.54, 1.807) is 12.1 Å². The Balaban J connectivity index is 1.36. The van der Waals surface area contributed by atoms with E-state index >= 15 is 0 Å². The van der Waals surface area contributed by atoms with E-state index in [0.717, 1.165) is 43.8 Å². The standard InChI is InChI=1S/C34H25BrN2O2/c35-30-18-10-26(11-19-30)6-7-27-12-20-32(21-13-27)36(31-4-2-1-3-5-31)33-22-14-28(15-23-33)8-9-29-16-24-34(25-17-29)37(38)39/h1-25H/b7-6+,9-8+. The van der Waals surface area contributed by atoms with Gasteiger partial charge < -0.3 is 4.90 Å². The van der Waals surface area contributed by atoms with E-state index < -0.39 is 0 Å². The summed E-state index contributed by atoms with van der Waals surface area (Å²) in [5.74, 6) is 0. The maximum Gasteiger partial charge on any atom is 0.269 e. The number of anilines is 3. The summed E-state index contributed by atoms with van der Waals surface area (Å²) in [6, 6.07) is 41.9. The second-order valence-corrected chi connectivity index (χ2v) is 9.84. The zero-order valence-corrected chi connectivity index (χ0v) is 22.6. The number of rotatable bonds is 8. The molecule has 5 aromatic carbocycles. The molecule has 0 aliphatic rings. The highest BCUT2D eigenvalue weighted by atomic mass is 79.9. The lowest BCUT2D eigenvalue weighted by Gasteiger charge is -2.25. The third-order valence-electron chi connectivity index (χ3n) is 6.23. The third-order valence-corrected chi connectivity index (χ3v) is 6.76. The Kier molecular flexibility index (Phi) is 8.10. The molecule has 4 nitrogen and oxygen atoms in total. The van der Waals surface area contributed by atoms with E-state index in [9.17, 15) is 10.1 Å². The highest BCUT2D eigenvalue weighted by Gasteiger charge is 2.12. The van der Waals surface area contributed by atoms with Crippen molar-refractivity contribution in [2.45, 2.75) is 0 Å². The average Bonchev–Trinajstić information content (AvgIpc) is 2.98. The van der Waals surface area contributed by atoms with Gasteiger partial charge in [-0.25, -0.2) is 0 Å². The van der Waals surface area contributed by atoms with Crippen LogP contribution in [0.1, 0.15) is 22.3 Å². The largest absolute Gasteiger partial charge is 0.311 e. The first-order valence-electron chi connectivity index (χ1n) is 12.5. The minimum absolute atomic E-state index is 0.0890. The van der Waals surface area contributed by atoms with Crippen molar-refractivity contribution >= 4 is 63.0 Å². The van der Waals surface area contributed by atoms with Gasteiger partial charge in [0.15, 0.2) is 0 Å². The molecule has 0 aliphatic carbocycles. The van der Waals surface area contributed by atoms with Gasteiger partial charge in [-0.2, -0.15) is 0 Å². The lowest BCUT2D eigenvalue weighted by Crippen LogP contribution is -2.09. The van der Waals surface area contributed by atoms with Crippen LogP contribution >= 0.6 is 15.9 Å². The van der Waals surface area contributed by atoms with E-state index in [0.29, 0.717) is 0 Å². The van der Waals surface area contributed by atoms with Crippen molar-refractivity contribution < 1.29 is 4.92 Å². The molecule has 190 valence electrons.